The third-order valence-corrected chi connectivity index (χ3v) is 5.11. The van der Waals surface area contributed by atoms with Crippen molar-refractivity contribution < 1.29 is 4.74 Å². The van der Waals surface area contributed by atoms with Crippen molar-refractivity contribution >= 4 is 17.0 Å². The molecule has 4 aromatic rings. The van der Waals surface area contributed by atoms with Crippen LogP contribution in [0.3, 0.4) is 0 Å². The van der Waals surface area contributed by atoms with Gasteiger partial charge in [-0.25, -0.2) is 4.98 Å². The van der Waals surface area contributed by atoms with Crippen LogP contribution >= 0.6 is 0 Å². The Kier molecular flexibility index (Phi) is 4.02. The van der Waals surface area contributed by atoms with E-state index in [0.717, 1.165) is 42.2 Å². The minimum atomic E-state index is 0.590. The molecule has 27 heavy (non-hydrogen) atoms. The maximum absolute atomic E-state index is 6.01. The Labute approximate surface area is 158 Å². The highest BCUT2D eigenvalue weighted by atomic mass is 16.5. The third-order valence-electron chi connectivity index (χ3n) is 5.11. The number of para-hydroxylation sites is 2. The van der Waals surface area contributed by atoms with Gasteiger partial charge in [-0.3, -0.25) is 0 Å². The Bertz CT molecular complexity index is 1040. The summed E-state index contributed by atoms with van der Waals surface area (Å²) in [5, 5.41) is 0. The van der Waals surface area contributed by atoms with Crippen LogP contribution in [0.15, 0.2) is 72.8 Å². The van der Waals surface area contributed by atoms with Crippen LogP contribution in [0.1, 0.15) is 16.7 Å². The van der Waals surface area contributed by atoms with E-state index in [4.69, 9.17) is 9.72 Å². The van der Waals surface area contributed by atoms with Crippen LogP contribution in [0.25, 0.3) is 11.0 Å². The van der Waals surface area contributed by atoms with Crippen LogP contribution in [-0.2, 0) is 19.6 Å². The van der Waals surface area contributed by atoms with E-state index in [1.54, 1.807) is 0 Å². The fourth-order valence-electron chi connectivity index (χ4n) is 3.63. The summed E-state index contributed by atoms with van der Waals surface area (Å²) in [5.41, 5.74) is 5.98. The Morgan fingerprint density at radius 1 is 0.926 bits per heavy atom. The largest absolute Gasteiger partial charge is 0.489 e. The fourth-order valence-corrected chi connectivity index (χ4v) is 3.63. The first kappa shape index (κ1) is 15.9. The number of benzene rings is 3. The molecule has 0 amide bonds. The Balaban J connectivity index is 1.34. The summed E-state index contributed by atoms with van der Waals surface area (Å²) in [4.78, 5) is 10.5. The van der Waals surface area contributed by atoms with Gasteiger partial charge >= 0.3 is 0 Å². The van der Waals surface area contributed by atoms with Gasteiger partial charge in [0.1, 0.15) is 12.4 Å². The molecule has 2 heterocycles. The van der Waals surface area contributed by atoms with E-state index in [2.05, 4.69) is 46.3 Å². The molecule has 0 bridgehead atoms. The van der Waals surface area contributed by atoms with Crippen molar-refractivity contribution in [3.05, 3.63) is 89.5 Å². The van der Waals surface area contributed by atoms with Crippen LogP contribution in [0.2, 0.25) is 0 Å². The molecule has 0 saturated carbocycles. The summed E-state index contributed by atoms with van der Waals surface area (Å²) >= 11 is 0. The Morgan fingerprint density at radius 3 is 2.67 bits per heavy atom. The first-order valence-corrected chi connectivity index (χ1v) is 9.33. The number of rotatable bonds is 4. The predicted molar refractivity (Wildman–Crippen MR) is 108 cm³/mol. The van der Waals surface area contributed by atoms with Gasteiger partial charge in [0.15, 0.2) is 0 Å². The lowest BCUT2D eigenvalue weighted by Crippen LogP contribution is -2.31. The molecule has 4 heteroatoms. The third kappa shape index (κ3) is 3.26. The Morgan fingerprint density at radius 2 is 1.78 bits per heavy atom. The number of imidazole rings is 1. The second kappa shape index (κ2) is 6.80. The summed E-state index contributed by atoms with van der Waals surface area (Å²) in [5.74, 6) is 1.86. The summed E-state index contributed by atoms with van der Waals surface area (Å²) < 4.78 is 6.01. The van der Waals surface area contributed by atoms with Gasteiger partial charge in [-0.15, -0.1) is 0 Å². The smallest absolute Gasteiger partial charge is 0.204 e. The average Bonchev–Trinajstić information content (AvgIpc) is 3.17. The molecular weight excluding hydrogens is 334 g/mol. The SMILES string of the molecule is c1ccc(COc2ccc3c(c2)CN(c2nc4ccccc4[nH]2)CC3)cc1. The topological polar surface area (TPSA) is 41.1 Å². The molecule has 5 rings (SSSR count). The van der Waals surface area contributed by atoms with Gasteiger partial charge < -0.3 is 14.6 Å². The van der Waals surface area contributed by atoms with E-state index < -0.39 is 0 Å². The van der Waals surface area contributed by atoms with Crippen LogP contribution < -0.4 is 9.64 Å². The number of hydrogen-bond donors (Lipinski definition) is 1. The molecule has 1 aromatic heterocycles. The summed E-state index contributed by atoms with van der Waals surface area (Å²) in [6.45, 7) is 2.40. The van der Waals surface area contributed by atoms with Crippen molar-refractivity contribution in [3.8, 4) is 5.75 Å². The lowest BCUT2D eigenvalue weighted by Gasteiger charge is -2.28. The van der Waals surface area contributed by atoms with Crippen molar-refractivity contribution in [1.82, 2.24) is 9.97 Å². The second-order valence-corrected chi connectivity index (χ2v) is 6.95. The minimum Gasteiger partial charge on any atom is -0.489 e. The molecule has 0 unspecified atom stereocenters. The van der Waals surface area contributed by atoms with Crippen LogP contribution in [0, 0.1) is 0 Å². The quantitative estimate of drug-likeness (QED) is 0.577. The van der Waals surface area contributed by atoms with Crippen molar-refractivity contribution in [3.63, 3.8) is 0 Å². The number of nitrogens with zero attached hydrogens (tertiary/aromatic N) is 2. The minimum absolute atomic E-state index is 0.590. The highest BCUT2D eigenvalue weighted by Gasteiger charge is 2.19. The standard InChI is InChI=1S/C23H21N3O/c1-2-6-17(7-3-1)16-27-20-11-10-18-12-13-26(15-19(18)14-20)23-24-21-8-4-5-9-22(21)25-23/h1-11,14H,12-13,15-16H2,(H,24,25). The zero-order chi connectivity index (χ0) is 18.1. The van der Waals surface area contributed by atoms with E-state index in [1.165, 1.54) is 16.7 Å². The monoisotopic (exact) mass is 355 g/mol. The zero-order valence-electron chi connectivity index (χ0n) is 15.1. The zero-order valence-corrected chi connectivity index (χ0v) is 15.1. The van der Waals surface area contributed by atoms with Gasteiger partial charge in [0.05, 0.1) is 11.0 Å². The number of fused-ring (bicyclic) bond motifs is 2. The molecule has 0 radical (unpaired) electrons. The van der Waals surface area contributed by atoms with Gasteiger partial charge in [-0.1, -0.05) is 48.5 Å². The summed E-state index contributed by atoms with van der Waals surface area (Å²) in [7, 11) is 0. The lowest BCUT2D eigenvalue weighted by atomic mass is 10.00. The number of aromatic nitrogens is 2. The number of anilines is 1. The number of hydrogen-bond acceptors (Lipinski definition) is 3. The summed E-state index contributed by atoms with van der Waals surface area (Å²) in [6.07, 6.45) is 1.02. The molecule has 0 saturated heterocycles. The molecule has 0 aliphatic carbocycles. The average molecular weight is 355 g/mol. The second-order valence-electron chi connectivity index (χ2n) is 6.95. The number of H-pyrrole nitrogens is 1. The highest BCUT2D eigenvalue weighted by Crippen LogP contribution is 2.27. The molecular formula is C23H21N3O. The molecule has 0 atom stereocenters. The molecule has 1 N–H and O–H groups in total. The maximum atomic E-state index is 6.01. The van der Waals surface area contributed by atoms with Crippen molar-refractivity contribution in [2.45, 2.75) is 19.6 Å². The molecule has 1 aliphatic rings. The highest BCUT2D eigenvalue weighted by molar-refractivity contribution is 5.77. The van der Waals surface area contributed by atoms with Crippen LogP contribution in [-0.4, -0.2) is 16.5 Å². The lowest BCUT2D eigenvalue weighted by molar-refractivity contribution is 0.305. The molecule has 3 aromatic carbocycles. The number of nitrogens with one attached hydrogen (secondary N) is 1. The van der Waals surface area contributed by atoms with E-state index in [-0.39, 0.29) is 0 Å². The predicted octanol–water partition coefficient (Wildman–Crippen LogP) is 4.70. The van der Waals surface area contributed by atoms with E-state index in [1.807, 2.05) is 36.4 Å². The normalized spacial score (nSPS) is 13.6. The van der Waals surface area contributed by atoms with Gasteiger partial charge in [0.25, 0.3) is 0 Å². The molecule has 1 aliphatic heterocycles. The van der Waals surface area contributed by atoms with Crippen molar-refractivity contribution in [2.75, 3.05) is 11.4 Å². The van der Waals surface area contributed by atoms with Crippen molar-refractivity contribution in [2.24, 2.45) is 0 Å². The number of ether oxygens (including phenoxy) is 1. The van der Waals surface area contributed by atoms with Gasteiger partial charge in [-0.05, 0) is 47.4 Å². The van der Waals surface area contributed by atoms with Gasteiger partial charge in [0.2, 0.25) is 5.95 Å². The van der Waals surface area contributed by atoms with Gasteiger partial charge in [0, 0.05) is 13.1 Å². The van der Waals surface area contributed by atoms with E-state index in [9.17, 15) is 0 Å². The number of aromatic amines is 1. The van der Waals surface area contributed by atoms with Crippen molar-refractivity contribution in [1.29, 1.82) is 0 Å². The molecule has 4 nitrogen and oxygen atoms in total. The van der Waals surface area contributed by atoms with Crippen LogP contribution in [0.5, 0.6) is 5.75 Å². The first-order valence-electron chi connectivity index (χ1n) is 9.33. The Hall–Kier alpha value is -3.27. The summed E-state index contributed by atoms with van der Waals surface area (Å²) in [6, 6.07) is 24.9. The fraction of sp³-hybridized carbons (Fsp3) is 0.174. The van der Waals surface area contributed by atoms with Gasteiger partial charge in [-0.2, -0.15) is 0 Å². The first-order chi connectivity index (χ1) is 13.3. The maximum Gasteiger partial charge on any atom is 0.204 e. The molecule has 134 valence electrons. The van der Waals surface area contributed by atoms with Crippen LogP contribution in [0.4, 0.5) is 5.95 Å². The van der Waals surface area contributed by atoms with E-state index in [0.29, 0.717) is 6.61 Å². The molecule has 0 fully saturated rings. The van der Waals surface area contributed by atoms with E-state index >= 15 is 0 Å². The molecule has 0 spiro atoms.